The Labute approximate surface area is 233 Å². The van der Waals surface area contributed by atoms with Crippen molar-refractivity contribution < 1.29 is 58.5 Å². The van der Waals surface area contributed by atoms with Crippen molar-refractivity contribution in [1.82, 2.24) is 4.98 Å². The second kappa shape index (κ2) is 12.0. The molecule has 8 nitrogen and oxygen atoms in total. The third kappa shape index (κ3) is 6.06. The maximum Gasteiger partial charge on any atom is 1.00 e. The van der Waals surface area contributed by atoms with Gasteiger partial charge in [-0.1, -0.05) is 0 Å². The van der Waals surface area contributed by atoms with Crippen molar-refractivity contribution in [3.63, 3.8) is 0 Å². The van der Waals surface area contributed by atoms with Gasteiger partial charge in [0.1, 0.15) is 5.75 Å². The smallest absolute Gasteiger partial charge is 0.545 e. The molecule has 0 saturated carbocycles. The number of hydrogen-bond donors (Lipinski definition) is 1. The molecule has 1 N–H and O–H groups in total. The number of carbonyl (C=O) groups excluding carboxylic acids is 2. The molecule has 0 saturated heterocycles. The van der Waals surface area contributed by atoms with Crippen LogP contribution in [0.5, 0.6) is 23.0 Å². The second-order valence-electron chi connectivity index (χ2n) is 7.39. The van der Waals surface area contributed by atoms with Gasteiger partial charge in [-0.2, -0.15) is 0 Å². The van der Waals surface area contributed by atoms with E-state index in [0.29, 0.717) is 39.1 Å². The Morgan fingerprint density at radius 2 is 1.64 bits per heavy atom. The number of aromatic nitrogens is 1. The number of aliphatic carboxylic acids is 1. The summed E-state index contributed by atoms with van der Waals surface area (Å²) in [6, 6.07) is 13.7. The number of methoxy groups -OCH3 is 2. The van der Waals surface area contributed by atoms with Crippen molar-refractivity contribution in [3.8, 4) is 23.0 Å². The van der Waals surface area contributed by atoms with E-state index in [1.165, 1.54) is 43.8 Å². The van der Waals surface area contributed by atoms with Gasteiger partial charge in [-0.05, 0) is 54.1 Å². The van der Waals surface area contributed by atoms with E-state index in [1.54, 1.807) is 49.6 Å². The van der Waals surface area contributed by atoms with Gasteiger partial charge in [0.05, 0.1) is 25.1 Å². The predicted molar refractivity (Wildman–Crippen MR) is 133 cm³/mol. The molecule has 2 heterocycles. The van der Waals surface area contributed by atoms with E-state index in [1.807, 2.05) is 6.07 Å². The van der Waals surface area contributed by atoms with Crippen molar-refractivity contribution in [3.05, 3.63) is 71.4 Å². The first-order chi connectivity index (χ1) is 16.9. The Morgan fingerprint density at radius 1 is 1.00 bits per heavy atom. The zero-order valence-electron chi connectivity index (χ0n) is 20.2. The van der Waals surface area contributed by atoms with Crippen LogP contribution in [0.4, 0.5) is 5.69 Å². The number of nitrogens with one attached hydrogen (secondary N) is 1. The molecular weight excluding hydrogens is 491 g/mol. The summed E-state index contributed by atoms with van der Waals surface area (Å²) in [5.74, 6) is 0.496. The van der Waals surface area contributed by atoms with E-state index < -0.39 is 5.97 Å². The summed E-state index contributed by atoms with van der Waals surface area (Å²) < 4.78 is 17.9. The van der Waals surface area contributed by atoms with Crippen LogP contribution in [0.25, 0.3) is 21.7 Å². The first-order valence-corrected chi connectivity index (χ1v) is 11.3. The molecule has 4 aromatic rings. The van der Waals surface area contributed by atoms with Crippen molar-refractivity contribution in [1.29, 1.82) is 0 Å². The number of fused-ring (bicyclic) bond motifs is 1. The van der Waals surface area contributed by atoms with Crippen LogP contribution in [0.15, 0.2) is 60.9 Å². The Hall–Kier alpha value is -3.37. The van der Waals surface area contributed by atoms with Crippen LogP contribution < -0.4 is 54.2 Å². The molecule has 2 aromatic heterocycles. The predicted octanol–water partition coefficient (Wildman–Crippen LogP) is 1.36. The van der Waals surface area contributed by atoms with E-state index in [4.69, 9.17) is 14.2 Å². The standard InChI is InChI=1S/C26H22N2O6S.Na/c1-15(29)28-17-4-6-18(7-5-17)34-25-20-12-21(32-2)22(33-3)14-23(20)35-24(25)13-19(26(30)31)16-8-10-27-11-9-16;/h4-14H,1-3H3,(H,28,29)(H,30,31);/q;+1/p-1/b19-13+;. The Morgan fingerprint density at radius 3 is 2.22 bits per heavy atom. The van der Waals surface area contributed by atoms with Gasteiger partial charge >= 0.3 is 29.6 Å². The number of hydrogen-bond acceptors (Lipinski definition) is 8. The molecule has 1 amide bonds. The SMILES string of the molecule is COc1cc2sc(/C=C(/C(=O)[O-])c3ccncc3)c(Oc3ccc(NC(C)=O)cc3)c2cc1OC.[Na+]. The fourth-order valence-electron chi connectivity index (χ4n) is 3.47. The van der Waals surface area contributed by atoms with Crippen LogP contribution in [0.1, 0.15) is 17.4 Å². The molecule has 10 heteroatoms. The molecule has 178 valence electrons. The third-order valence-electron chi connectivity index (χ3n) is 5.06. The van der Waals surface area contributed by atoms with E-state index in [0.717, 1.165) is 10.1 Å². The molecule has 0 unspecified atom stereocenters. The average molecular weight is 513 g/mol. The minimum absolute atomic E-state index is 0. The van der Waals surface area contributed by atoms with Gasteiger partial charge in [-0.15, -0.1) is 11.3 Å². The van der Waals surface area contributed by atoms with Crippen molar-refractivity contribution in [2.75, 3.05) is 19.5 Å². The summed E-state index contributed by atoms with van der Waals surface area (Å²) in [4.78, 5) is 27.8. The van der Waals surface area contributed by atoms with E-state index >= 15 is 0 Å². The molecule has 0 aliphatic heterocycles. The number of rotatable bonds is 8. The maximum absolute atomic E-state index is 12.0. The average Bonchev–Trinajstić information content (AvgIpc) is 3.18. The summed E-state index contributed by atoms with van der Waals surface area (Å²) in [7, 11) is 3.08. The largest absolute Gasteiger partial charge is 1.00 e. The number of thiophene rings is 1. The number of ether oxygens (including phenoxy) is 3. The summed E-state index contributed by atoms with van der Waals surface area (Å²) in [6.45, 7) is 1.43. The van der Waals surface area contributed by atoms with Gasteiger partial charge in [-0.25, -0.2) is 0 Å². The van der Waals surface area contributed by atoms with Gasteiger partial charge < -0.3 is 29.4 Å². The van der Waals surface area contributed by atoms with Gasteiger partial charge in [0.15, 0.2) is 17.2 Å². The van der Waals surface area contributed by atoms with Crippen LogP contribution in [0.3, 0.4) is 0 Å². The van der Waals surface area contributed by atoms with Crippen LogP contribution in [-0.4, -0.2) is 31.1 Å². The summed E-state index contributed by atoms with van der Waals surface area (Å²) in [5, 5.41) is 15.4. The molecule has 4 rings (SSSR count). The van der Waals surface area contributed by atoms with E-state index in [2.05, 4.69) is 10.3 Å². The normalized spacial score (nSPS) is 10.9. The fourth-order valence-corrected chi connectivity index (χ4v) is 4.56. The molecule has 0 radical (unpaired) electrons. The number of carboxylic acids is 1. The summed E-state index contributed by atoms with van der Waals surface area (Å²) in [5.41, 5.74) is 1.07. The molecule has 0 bridgehead atoms. The quantitative estimate of drug-likeness (QED) is 0.280. The monoisotopic (exact) mass is 512 g/mol. The Bertz CT molecular complexity index is 1420. The van der Waals surface area contributed by atoms with Gasteiger partial charge in [0.2, 0.25) is 5.91 Å². The number of benzene rings is 2. The van der Waals surface area contributed by atoms with Crippen molar-refractivity contribution in [2.24, 2.45) is 0 Å². The Kier molecular flexibility index (Phi) is 9.11. The molecule has 36 heavy (non-hydrogen) atoms. The molecule has 0 aliphatic rings. The topological polar surface area (TPSA) is 110 Å². The summed E-state index contributed by atoms with van der Waals surface area (Å²) in [6.07, 6.45) is 4.55. The van der Waals surface area contributed by atoms with Crippen LogP contribution in [-0.2, 0) is 9.59 Å². The Balaban J connectivity index is 0.00000361. The van der Waals surface area contributed by atoms with Gasteiger partial charge in [-0.3, -0.25) is 9.78 Å². The second-order valence-corrected chi connectivity index (χ2v) is 8.47. The minimum atomic E-state index is -1.32. The van der Waals surface area contributed by atoms with Crippen molar-refractivity contribution in [2.45, 2.75) is 6.92 Å². The number of nitrogens with zero attached hydrogens (tertiary/aromatic N) is 1. The molecule has 0 aliphatic carbocycles. The number of carboxylic acid groups (broad SMARTS) is 1. The summed E-state index contributed by atoms with van der Waals surface area (Å²) >= 11 is 1.34. The first kappa shape index (κ1) is 27.2. The zero-order valence-corrected chi connectivity index (χ0v) is 23.0. The maximum atomic E-state index is 12.0. The third-order valence-corrected chi connectivity index (χ3v) is 6.14. The number of carbonyl (C=O) groups is 2. The zero-order chi connectivity index (χ0) is 24.9. The number of anilines is 1. The van der Waals surface area contributed by atoms with Gasteiger partial charge in [0, 0.05) is 46.7 Å². The molecule has 0 fully saturated rings. The first-order valence-electron chi connectivity index (χ1n) is 10.5. The fraction of sp³-hybridized carbons (Fsp3) is 0.115. The molecule has 0 atom stereocenters. The van der Waals surface area contributed by atoms with Crippen LogP contribution in [0, 0.1) is 0 Å². The molecular formula is C26H21N2NaO6S. The molecule has 0 spiro atoms. The number of pyridine rings is 1. The van der Waals surface area contributed by atoms with Gasteiger partial charge in [0.25, 0.3) is 0 Å². The van der Waals surface area contributed by atoms with Crippen LogP contribution in [0.2, 0.25) is 0 Å². The van der Waals surface area contributed by atoms with E-state index in [9.17, 15) is 14.7 Å². The minimum Gasteiger partial charge on any atom is -0.545 e. The van der Waals surface area contributed by atoms with Crippen molar-refractivity contribution >= 4 is 50.6 Å². The number of amides is 1. The molecule has 2 aromatic carbocycles. The van der Waals surface area contributed by atoms with Crippen LogP contribution >= 0.6 is 11.3 Å². The van der Waals surface area contributed by atoms with E-state index in [-0.39, 0.29) is 41.0 Å².